The van der Waals surface area contributed by atoms with Crippen LogP contribution in [0.2, 0.25) is 0 Å². The summed E-state index contributed by atoms with van der Waals surface area (Å²) in [4.78, 5) is 30.3. The molecule has 34 heavy (non-hydrogen) atoms. The first-order valence-corrected chi connectivity index (χ1v) is 12.4. The second kappa shape index (κ2) is 11.0. The lowest BCUT2D eigenvalue weighted by atomic mass is 10.1. The van der Waals surface area contributed by atoms with E-state index in [1.165, 1.54) is 28.7 Å². The van der Waals surface area contributed by atoms with Crippen LogP contribution in [0.15, 0.2) is 83.1 Å². The Morgan fingerprint density at radius 1 is 1.00 bits per heavy atom. The summed E-state index contributed by atoms with van der Waals surface area (Å²) in [6, 6.07) is 22.4. The minimum absolute atomic E-state index is 0.137. The molecule has 2 N–H and O–H groups in total. The molecular formula is C26H23N3O3S2. The molecule has 0 spiro atoms. The summed E-state index contributed by atoms with van der Waals surface area (Å²) in [5.74, 6) is 0.575. The summed E-state index contributed by atoms with van der Waals surface area (Å²) in [7, 11) is 1.58. The van der Waals surface area contributed by atoms with Gasteiger partial charge < -0.3 is 15.4 Å². The fourth-order valence-corrected chi connectivity index (χ4v) is 4.59. The first kappa shape index (κ1) is 23.5. The second-order valence-corrected chi connectivity index (χ2v) is 9.36. The van der Waals surface area contributed by atoms with Crippen LogP contribution in [0, 0.1) is 6.92 Å². The maximum absolute atomic E-state index is 12.5. The van der Waals surface area contributed by atoms with E-state index in [0.717, 1.165) is 16.2 Å². The Labute approximate surface area is 206 Å². The number of aromatic nitrogens is 1. The predicted molar refractivity (Wildman–Crippen MR) is 139 cm³/mol. The smallest absolute Gasteiger partial charge is 0.255 e. The molecule has 4 aromatic rings. The molecule has 0 aliphatic heterocycles. The third-order valence-electron chi connectivity index (χ3n) is 4.91. The number of benzene rings is 3. The van der Waals surface area contributed by atoms with Crippen molar-refractivity contribution < 1.29 is 14.3 Å². The van der Waals surface area contributed by atoms with Gasteiger partial charge in [-0.15, -0.1) is 23.1 Å². The van der Waals surface area contributed by atoms with E-state index in [0.29, 0.717) is 22.1 Å². The number of aryl methyl sites for hydroxylation is 1. The maximum atomic E-state index is 12.5. The lowest BCUT2D eigenvalue weighted by molar-refractivity contribution is -0.113. The molecule has 6 nitrogen and oxygen atoms in total. The van der Waals surface area contributed by atoms with Gasteiger partial charge in [-0.25, -0.2) is 4.98 Å². The number of nitrogens with zero attached hydrogens (tertiary/aromatic N) is 1. The van der Waals surface area contributed by atoms with Gasteiger partial charge in [-0.05, 0) is 49.4 Å². The fourth-order valence-electron chi connectivity index (χ4n) is 3.10. The van der Waals surface area contributed by atoms with Crippen molar-refractivity contribution >= 4 is 45.7 Å². The number of anilines is 2. The van der Waals surface area contributed by atoms with Gasteiger partial charge in [-0.2, -0.15) is 0 Å². The van der Waals surface area contributed by atoms with Crippen molar-refractivity contribution in [2.45, 2.75) is 11.8 Å². The van der Waals surface area contributed by atoms with Gasteiger partial charge in [0.1, 0.15) is 5.75 Å². The minimum atomic E-state index is -0.212. The van der Waals surface area contributed by atoms with E-state index in [-0.39, 0.29) is 17.6 Å². The molecule has 1 heterocycles. The van der Waals surface area contributed by atoms with Crippen molar-refractivity contribution in [3.8, 4) is 17.0 Å². The number of carbonyl (C=O) groups excluding carboxylic acids is 2. The molecule has 0 radical (unpaired) electrons. The van der Waals surface area contributed by atoms with Crippen LogP contribution in [-0.2, 0) is 4.79 Å². The number of hydrogen-bond acceptors (Lipinski definition) is 6. The largest absolute Gasteiger partial charge is 0.497 e. The molecule has 172 valence electrons. The number of ether oxygens (including phenoxy) is 1. The molecule has 0 fully saturated rings. The van der Waals surface area contributed by atoms with Gasteiger partial charge in [-0.3, -0.25) is 9.59 Å². The molecular weight excluding hydrogens is 466 g/mol. The molecule has 0 saturated heterocycles. The first-order valence-electron chi connectivity index (χ1n) is 10.5. The van der Waals surface area contributed by atoms with Gasteiger partial charge in [0.05, 0.1) is 18.6 Å². The molecule has 2 amide bonds. The van der Waals surface area contributed by atoms with Crippen LogP contribution in [0.1, 0.15) is 15.9 Å². The molecule has 4 rings (SSSR count). The summed E-state index contributed by atoms with van der Waals surface area (Å²) in [5, 5.41) is 8.25. The highest BCUT2D eigenvalue weighted by molar-refractivity contribution is 8.00. The van der Waals surface area contributed by atoms with Gasteiger partial charge in [0.15, 0.2) is 5.13 Å². The van der Waals surface area contributed by atoms with Crippen LogP contribution in [0.25, 0.3) is 11.3 Å². The van der Waals surface area contributed by atoms with Gasteiger partial charge in [0.25, 0.3) is 5.91 Å². The van der Waals surface area contributed by atoms with Gasteiger partial charge in [0.2, 0.25) is 5.91 Å². The zero-order valence-corrected chi connectivity index (χ0v) is 20.3. The van der Waals surface area contributed by atoms with Crippen LogP contribution < -0.4 is 15.4 Å². The number of carbonyl (C=O) groups is 2. The van der Waals surface area contributed by atoms with Crippen molar-refractivity contribution in [3.63, 3.8) is 0 Å². The monoisotopic (exact) mass is 489 g/mol. The summed E-state index contributed by atoms with van der Waals surface area (Å²) in [6.07, 6.45) is 0. The quantitative estimate of drug-likeness (QED) is 0.292. The Kier molecular flexibility index (Phi) is 7.61. The molecule has 0 bridgehead atoms. The summed E-state index contributed by atoms with van der Waals surface area (Å²) >= 11 is 2.79. The maximum Gasteiger partial charge on any atom is 0.255 e. The zero-order chi connectivity index (χ0) is 23.9. The van der Waals surface area contributed by atoms with Crippen molar-refractivity contribution in [1.82, 2.24) is 4.98 Å². The lowest BCUT2D eigenvalue weighted by Gasteiger charge is -2.08. The average molecular weight is 490 g/mol. The molecule has 3 aromatic carbocycles. The van der Waals surface area contributed by atoms with E-state index >= 15 is 0 Å². The Balaban J connectivity index is 1.30. The Bertz CT molecular complexity index is 1290. The Hall–Kier alpha value is -3.62. The van der Waals surface area contributed by atoms with E-state index in [9.17, 15) is 9.59 Å². The van der Waals surface area contributed by atoms with Gasteiger partial charge in [0, 0.05) is 27.1 Å². The van der Waals surface area contributed by atoms with Crippen LogP contribution in [0.3, 0.4) is 0 Å². The number of amides is 2. The molecule has 8 heteroatoms. The van der Waals surface area contributed by atoms with Crippen LogP contribution in [0.4, 0.5) is 10.8 Å². The molecule has 0 unspecified atom stereocenters. The van der Waals surface area contributed by atoms with E-state index < -0.39 is 0 Å². The van der Waals surface area contributed by atoms with Gasteiger partial charge >= 0.3 is 0 Å². The predicted octanol–water partition coefficient (Wildman–Crippen LogP) is 6.11. The number of hydrogen-bond donors (Lipinski definition) is 2. The zero-order valence-electron chi connectivity index (χ0n) is 18.7. The summed E-state index contributed by atoms with van der Waals surface area (Å²) in [6.45, 7) is 2.04. The fraction of sp³-hybridized carbons (Fsp3) is 0.115. The highest BCUT2D eigenvalue weighted by Crippen LogP contribution is 2.26. The highest BCUT2D eigenvalue weighted by Gasteiger charge is 2.10. The second-order valence-electron chi connectivity index (χ2n) is 7.45. The topological polar surface area (TPSA) is 80.3 Å². The summed E-state index contributed by atoms with van der Waals surface area (Å²) in [5.41, 5.74) is 4.24. The van der Waals surface area contributed by atoms with Crippen molar-refractivity contribution in [1.29, 1.82) is 0 Å². The van der Waals surface area contributed by atoms with E-state index in [2.05, 4.69) is 15.6 Å². The number of thioether (sulfide) groups is 1. The third kappa shape index (κ3) is 6.24. The number of thiazole rings is 1. The van der Waals surface area contributed by atoms with Crippen LogP contribution in [-0.4, -0.2) is 29.7 Å². The van der Waals surface area contributed by atoms with Crippen molar-refractivity contribution in [2.75, 3.05) is 23.5 Å². The SMILES string of the molecule is COc1ccc(C(=O)Nc2cccc(SCC(=O)Nc3nc(-c4ccc(C)cc4)cs3)c2)cc1. The third-order valence-corrected chi connectivity index (χ3v) is 6.66. The lowest BCUT2D eigenvalue weighted by Crippen LogP contribution is -2.14. The van der Waals surface area contributed by atoms with Crippen molar-refractivity contribution in [2.24, 2.45) is 0 Å². The first-order chi connectivity index (χ1) is 16.5. The van der Waals surface area contributed by atoms with E-state index in [4.69, 9.17) is 4.74 Å². The summed E-state index contributed by atoms with van der Waals surface area (Å²) < 4.78 is 5.12. The standard InChI is InChI=1S/C26H23N3O3S2/c1-17-6-8-18(9-7-17)23-15-34-26(28-23)29-24(30)16-33-22-5-3-4-20(14-22)27-25(31)19-10-12-21(32-2)13-11-19/h3-15H,16H2,1-2H3,(H,27,31)(H,28,29,30). The molecule has 0 saturated carbocycles. The molecule has 0 aliphatic rings. The average Bonchev–Trinajstić information content (AvgIpc) is 3.32. The number of nitrogens with one attached hydrogen (secondary N) is 2. The van der Waals surface area contributed by atoms with Crippen LogP contribution in [0.5, 0.6) is 5.75 Å². The minimum Gasteiger partial charge on any atom is -0.497 e. The molecule has 0 aliphatic carbocycles. The Morgan fingerprint density at radius 2 is 1.76 bits per heavy atom. The molecule has 0 atom stereocenters. The van der Waals surface area contributed by atoms with Crippen molar-refractivity contribution in [3.05, 3.63) is 89.3 Å². The van der Waals surface area contributed by atoms with E-state index in [1.807, 2.05) is 60.8 Å². The number of rotatable bonds is 8. The highest BCUT2D eigenvalue weighted by atomic mass is 32.2. The van der Waals surface area contributed by atoms with E-state index in [1.54, 1.807) is 31.4 Å². The number of methoxy groups -OCH3 is 1. The normalized spacial score (nSPS) is 10.5. The van der Waals surface area contributed by atoms with Crippen LogP contribution >= 0.6 is 23.1 Å². The van der Waals surface area contributed by atoms with Gasteiger partial charge in [-0.1, -0.05) is 35.9 Å². The molecule has 1 aromatic heterocycles. The Morgan fingerprint density at radius 3 is 2.50 bits per heavy atom.